The van der Waals surface area contributed by atoms with Gasteiger partial charge in [0.1, 0.15) is 5.54 Å². The van der Waals surface area contributed by atoms with Gasteiger partial charge in [-0.05, 0) is 45.8 Å². The fourth-order valence-electron chi connectivity index (χ4n) is 2.68. The van der Waals surface area contributed by atoms with Crippen LogP contribution in [0.1, 0.15) is 40.0 Å². The minimum Gasteiger partial charge on any atom is -0.342 e. The molecule has 1 aliphatic heterocycles. The van der Waals surface area contributed by atoms with Gasteiger partial charge >= 0.3 is 0 Å². The molecule has 1 heterocycles. The van der Waals surface area contributed by atoms with Gasteiger partial charge in [-0.15, -0.1) is 0 Å². The summed E-state index contributed by atoms with van der Waals surface area (Å²) in [6.07, 6.45) is 4.56. The third-order valence-electron chi connectivity index (χ3n) is 4.26. The third-order valence-corrected chi connectivity index (χ3v) is 5.49. The molecule has 0 aromatic carbocycles. The first-order valence-corrected chi connectivity index (χ1v) is 8.16. The zero-order valence-electron chi connectivity index (χ0n) is 12.3. The van der Waals surface area contributed by atoms with E-state index in [0.29, 0.717) is 25.4 Å². The largest absolute Gasteiger partial charge is 0.342 e. The Morgan fingerprint density at radius 1 is 1.42 bits per heavy atom. The normalized spacial score (nSPS) is 29.2. The van der Waals surface area contributed by atoms with E-state index in [2.05, 4.69) is 25.4 Å². The maximum absolute atomic E-state index is 12.8. The monoisotopic (exact) mass is 284 g/mol. The van der Waals surface area contributed by atoms with Gasteiger partial charge in [0.25, 0.3) is 0 Å². The summed E-state index contributed by atoms with van der Waals surface area (Å²) < 4.78 is 0.0213. The Morgan fingerprint density at radius 2 is 2.05 bits per heavy atom. The number of hydrogen-bond acceptors (Lipinski definition) is 3. The molecule has 2 aliphatic rings. The molecule has 108 valence electrons. The van der Waals surface area contributed by atoms with Crippen LogP contribution in [-0.2, 0) is 9.59 Å². The van der Waals surface area contributed by atoms with Crippen LogP contribution >= 0.6 is 11.8 Å². The van der Waals surface area contributed by atoms with Crippen molar-refractivity contribution >= 4 is 23.6 Å². The molecule has 2 amide bonds. The second-order valence-electron chi connectivity index (χ2n) is 6.47. The van der Waals surface area contributed by atoms with Crippen LogP contribution in [0.2, 0.25) is 0 Å². The van der Waals surface area contributed by atoms with Crippen LogP contribution < -0.4 is 5.32 Å². The molecule has 19 heavy (non-hydrogen) atoms. The quantitative estimate of drug-likeness (QED) is 0.854. The van der Waals surface area contributed by atoms with Crippen LogP contribution in [-0.4, -0.2) is 46.3 Å². The van der Waals surface area contributed by atoms with Gasteiger partial charge in [0.15, 0.2) is 0 Å². The molecular weight excluding hydrogens is 260 g/mol. The summed E-state index contributed by atoms with van der Waals surface area (Å²) in [6, 6.07) is 0. The number of carbonyl (C=O) groups is 2. The smallest absolute Gasteiger partial charge is 0.248 e. The molecule has 1 unspecified atom stereocenters. The molecule has 2 fully saturated rings. The van der Waals surface area contributed by atoms with E-state index in [1.165, 1.54) is 0 Å². The van der Waals surface area contributed by atoms with Gasteiger partial charge in [-0.2, -0.15) is 11.8 Å². The van der Waals surface area contributed by atoms with Crippen LogP contribution in [0.15, 0.2) is 0 Å². The highest BCUT2D eigenvalue weighted by molar-refractivity contribution is 7.99. The van der Waals surface area contributed by atoms with E-state index in [4.69, 9.17) is 0 Å². The van der Waals surface area contributed by atoms with Crippen LogP contribution in [0.5, 0.6) is 0 Å². The number of carbonyl (C=O) groups excluding carboxylic acids is 2. The van der Waals surface area contributed by atoms with Crippen molar-refractivity contribution in [3.05, 3.63) is 0 Å². The molecule has 1 saturated heterocycles. The number of amides is 2. The zero-order valence-corrected chi connectivity index (χ0v) is 13.1. The first kappa shape index (κ1) is 14.7. The molecule has 0 aromatic rings. The standard InChI is InChI=1S/C14H24N2O2S/c1-13(2,19-4)9-16-8-7-11(17)15-14(3,12(16)18)10-5-6-10/h10H,5-9H2,1-4H3,(H,15,17). The van der Waals surface area contributed by atoms with E-state index in [1.54, 1.807) is 11.8 Å². The van der Waals surface area contributed by atoms with Gasteiger partial charge in [0.05, 0.1) is 0 Å². The molecule has 4 nitrogen and oxygen atoms in total. The first-order valence-electron chi connectivity index (χ1n) is 6.94. The predicted octanol–water partition coefficient (Wildman–Crippen LogP) is 1.65. The van der Waals surface area contributed by atoms with Crippen molar-refractivity contribution < 1.29 is 9.59 Å². The average Bonchev–Trinajstić information content (AvgIpc) is 3.17. The Balaban J connectivity index is 2.19. The van der Waals surface area contributed by atoms with Gasteiger partial charge < -0.3 is 10.2 Å². The van der Waals surface area contributed by atoms with Gasteiger partial charge in [-0.1, -0.05) is 0 Å². The highest BCUT2D eigenvalue weighted by atomic mass is 32.2. The Labute approximate surface area is 119 Å². The topological polar surface area (TPSA) is 49.4 Å². The molecule has 1 saturated carbocycles. The Kier molecular flexibility index (Phi) is 3.87. The van der Waals surface area contributed by atoms with Crippen molar-refractivity contribution in [3.63, 3.8) is 0 Å². The number of hydrogen-bond donors (Lipinski definition) is 1. The van der Waals surface area contributed by atoms with E-state index in [-0.39, 0.29) is 16.6 Å². The summed E-state index contributed by atoms with van der Waals surface area (Å²) in [7, 11) is 0. The number of nitrogens with one attached hydrogen (secondary N) is 1. The summed E-state index contributed by atoms with van der Waals surface area (Å²) in [5, 5.41) is 2.96. The highest BCUT2D eigenvalue weighted by Crippen LogP contribution is 2.41. The second-order valence-corrected chi connectivity index (χ2v) is 7.98. The van der Waals surface area contributed by atoms with Crippen molar-refractivity contribution in [1.29, 1.82) is 0 Å². The Morgan fingerprint density at radius 3 is 2.58 bits per heavy atom. The van der Waals surface area contributed by atoms with Gasteiger partial charge in [0, 0.05) is 24.3 Å². The molecule has 0 bridgehead atoms. The van der Waals surface area contributed by atoms with Crippen molar-refractivity contribution in [2.75, 3.05) is 19.3 Å². The molecule has 2 rings (SSSR count). The van der Waals surface area contributed by atoms with E-state index >= 15 is 0 Å². The molecule has 1 atom stereocenters. The molecule has 0 spiro atoms. The minimum atomic E-state index is -0.679. The lowest BCUT2D eigenvalue weighted by molar-refractivity contribution is -0.139. The lowest BCUT2D eigenvalue weighted by Gasteiger charge is -2.36. The summed E-state index contributed by atoms with van der Waals surface area (Å²) in [5.41, 5.74) is -0.679. The summed E-state index contributed by atoms with van der Waals surface area (Å²) in [5.74, 6) is 0.428. The first-order chi connectivity index (χ1) is 8.78. The molecular formula is C14H24N2O2S. The fraction of sp³-hybridized carbons (Fsp3) is 0.857. The van der Waals surface area contributed by atoms with E-state index in [0.717, 1.165) is 12.8 Å². The maximum atomic E-state index is 12.8. The maximum Gasteiger partial charge on any atom is 0.248 e. The summed E-state index contributed by atoms with van der Waals surface area (Å²) in [6.45, 7) is 7.41. The van der Waals surface area contributed by atoms with Gasteiger partial charge in [-0.25, -0.2) is 0 Å². The van der Waals surface area contributed by atoms with Crippen LogP contribution in [0.3, 0.4) is 0 Å². The lowest BCUT2D eigenvalue weighted by Crippen LogP contribution is -2.58. The molecule has 5 heteroatoms. The van der Waals surface area contributed by atoms with Crippen LogP contribution in [0, 0.1) is 5.92 Å². The Bertz CT molecular complexity index is 393. The van der Waals surface area contributed by atoms with Crippen molar-refractivity contribution in [3.8, 4) is 0 Å². The van der Waals surface area contributed by atoms with Crippen molar-refractivity contribution in [2.24, 2.45) is 5.92 Å². The molecule has 1 N–H and O–H groups in total. The fourth-order valence-corrected chi connectivity index (χ4v) is 2.97. The van der Waals surface area contributed by atoms with E-state index < -0.39 is 5.54 Å². The number of nitrogens with zero attached hydrogens (tertiary/aromatic N) is 1. The molecule has 0 radical (unpaired) electrons. The Hall–Kier alpha value is -0.710. The summed E-state index contributed by atoms with van der Waals surface area (Å²) >= 11 is 1.76. The lowest BCUT2D eigenvalue weighted by atomic mass is 9.93. The SMILES string of the molecule is CSC(C)(C)CN1CCC(=O)NC(C)(C2CC2)C1=O. The van der Waals surface area contributed by atoms with Crippen molar-refractivity contribution in [1.82, 2.24) is 10.2 Å². The molecule has 0 aromatic heterocycles. The zero-order chi connectivity index (χ0) is 14.3. The van der Waals surface area contributed by atoms with Gasteiger partial charge in [0.2, 0.25) is 11.8 Å². The van der Waals surface area contributed by atoms with Gasteiger partial charge in [-0.3, -0.25) is 9.59 Å². The third kappa shape index (κ3) is 3.07. The van der Waals surface area contributed by atoms with Crippen LogP contribution in [0.4, 0.5) is 0 Å². The van der Waals surface area contributed by atoms with E-state index in [1.807, 2.05) is 11.8 Å². The average molecular weight is 284 g/mol. The minimum absolute atomic E-state index is 0.00667. The highest BCUT2D eigenvalue weighted by Gasteiger charge is 2.51. The summed E-state index contributed by atoms with van der Waals surface area (Å²) in [4.78, 5) is 26.5. The van der Waals surface area contributed by atoms with Crippen LogP contribution in [0.25, 0.3) is 0 Å². The predicted molar refractivity (Wildman–Crippen MR) is 78.1 cm³/mol. The van der Waals surface area contributed by atoms with E-state index in [9.17, 15) is 9.59 Å². The number of rotatable bonds is 4. The second kappa shape index (κ2) is 5.00. The number of thioether (sulfide) groups is 1. The van der Waals surface area contributed by atoms with Crippen molar-refractivity contribution in [2.45, 2.75) is 50.3 Å². The molecule has 1 aliphatic carbocycles.